The molecular formula is C13H17ClFNO. The Kier molecular flexibility index (Phi) is 3.71. The zero-order valence-electron chi connectivity index (χ0n) is 9.92. The topological polar surface area (TPSA) is 23.5 Å². The molecule has 1 aromatic carbocycles. The predicted molar refractivity (Wildman–Crippen MR) is 66.5 cm³/mol. The number of hydrogen-bond acceptors (Lipinski definition) is 2. The van der Waals surface area contributed by atoms with E-state index in [-0.39, 0.29) is 5.82 Å². The van der Waals surface area contributed by atoms with Crippen LogP contribution in [0.15, 0.2) is 18.2 Å². The Morgan fingerprint density at radius 2 is 2.06 bits per heavy atom. The van der Waals surface area contributed by atoms with Crippen LogP contribution in [0.1, 0.15) is 25.3 Å². The molecule has 1 heterocycles. The van der Waals surface area contributed by atoms with Crippen LogP contribution in [-0.4, -0.2) is 28.7 Å². The van der Waals surface area contributed by atoms with Crippen molar-refractivity contribution in [1.29, 1.82) is 0 Å². The smallest absolute Gasteiger partial charge is 0.129 e. The number of benzene rings is 1. The quantitative estimate of drug-likeness (QED) is 0.881. The van der Waals surface area contributed by atoms with Gasteiger partial charge in [0.1, 0.15) is 5.82 Å². The Hall–Kier alpha value is -0.640. The number of piperidine rings is 1. The highest BCUT2D eigenvalue weighted by Gasteiger charge is 2.27. The van der Waals surface area contributed by atoms with Crippen LogP contribution in [0.2, 0.25) is 5.02 Å². The maximum atomic E-state index is 13.6. The third kappa shape index (κ3) is 3.18. The molecule has 0 atom stereocenters. The number of aliphatic hydroxyl groups is 1. The van der Waals surface area contributed by atoms with Crippen LogP contribution in [0.3, 0.4) is 0 Å². The summed E-state index contributed by atoms with van der Waals surface area (Å²) in [5, 5.41) is 10.3. The molecule has 17 heavy (non-hydrogen) atoms. The summed E-state index contributed by atoms with van der Waals surface area (Å²) >= 11 is 5.99. The Morgan fingerprint density at radius 1 is 1.41 bits per heavy atom. The van der Waals surface area contributed by atoms with Crippen LogP contribution in [0.5, 0.6) is 0 Å². The lowest BCUT2D eigenvalue weighted by Gasteiger charge is -2.35. The largest absolute Gasteiger partial charge is 0.390 e. The van der Waals surface area contributed by atoms with E-state index in [9.17, 15) is 9.50 Å². The number of nitrogens with zero attached hydrogens (tertiary/aromatic N) is 1. The Bertz CT molecular complexity index is 378. The Balaban J connectivity index is 2.03. The van der Waals surface area contributed by atoms with Crippen LogP contribution in [0.25, 0.3) is 0 Å². The third-order valence-corrected chi connectivity index (χ3v) is 3.73. The third-order valence-electron chi connectivity index (χ3n) is 3.38. The van der Waals surface area contributed by atoms with Crippen molar-refractivity contribution >= 4 is 11.6 Å². The second-order valence-electron chi connectivity index (χ2n) is 4.97. The minimum Gasteiger partial charge on any atom is -0.390 e. The summed E-state index contributed by atoms with van der Waals surface area (Å²) in [5.74, 6) is -0.255. The minimum atomic E-state index is -0.574. The van der Waals surface area contributed by atoms with Gasteiger partial charge in [-0.25, -0.2) is 4.39 Å². The summed E-state index contributed by atoms with van der Waals surface area (Å²) < 4.78 is 13.6. The summed E-state index contributed by atoms with van der Waals surface area (Å²) in [6.45, 7) is 3.91. The van der Waals surface area contributed by atoms with Gasteiger partial charge in [0, 0.05) is 30.2 Å². The van der Waals surface area contributed by atoms with Crippen molar-refractivity contribution in [2.45, 2.75) is 31.9 Å². The summed E-state index contributed by atoms with van der Waals surface area (Å²) in [6, 6.07) is 4.75. The van der Waals surface area contributed by atoms with E-state index < -0.39 is 5.60 Å². The van der Waals surface area contributed by atoms with Crippen LogP contribution in [-0.2, 0) is 6.54 Å². The zero-order chi connectivity index (χ0) is 12.5. The fourth-order valence-electron chi connectivity index (χ4n) is 2.10. The molecule has 2 nitrogen and oxygen atoms in total. The molecule has 1 saturated heterocycles. The lowest BCUT2D eigenvalue weighted by Crippen LogP contribution is -2.42. The average molecular weight is 258 g/mol. The van der Waals surface area contributed by atoms with Gasteiger partial charge in [0.25, 0.3) is 0 Å². The molecule has 0 radical (unpaired) electrons. The van der Waals surface area contributed by atoms with Gasteiger partial charge >= 0.3 is 0 Å². The highest BCUT2D eigenvalue weighted by molar-refractivity contribution is 6.31. The fourth-order valence-corrected chi connectivity index (χ4v) is 2.32. The summed E-state index contributed by atoms with van der Waals surface area (Å²) in [7, 11) is 0. The predicted octanol–water partition coefficient (Wildman–Crippen LogP) is 2.83. The van der Waals surface area contributed by atoms with Gasteiger partial charge in [-0.05, 0) is 31.9 Å². The van der Waals surface area contributed by atoms with E-state index in [1.54, 1.807) is 12.1 Å². The van der Waals surface area contributed by atoms with Gasteiger partial charge in [-0.15, -0.1) is 0 Å². The molecule has 1 aromatic rings. The molecule has 1 N–H and O–H groups in total. The van der Waals surface area contributed by atoms with E-state index in [1.807, 2.05) is 6.92 Å². The maximum absolute atomic E-state index is 13.6. The van der Waals surface area contributed by atoms with Crippen molar-refractivity contribution in [3.63, 3.8) is 0 Å². The van der Waals surface area contributed by atoms with Crippen molar-refractivity contribution in [3.8, 4) is 0 Å². The molecule has 94 valence electrons. The van der Waals surface area contributed by atoms with Gasteiger partial charge in [0.2, 0.25) is 0 Å². The first-order chi connectivity index (χ1) is 7.98. The van der Waals surface area contributed by atoms with Gasteiger partial charge < -0.3 is 5.11 Å². The number of rotatable bonds is 2. The van der Waals surface area contributed by atoms with Gasteiger partial charge in [-0.3, -0.25) is 4.90 Å². The molecule has 0 aromatic heterocycles. The molecule has 1 fully saturated rings. The van der Waals surface area contributed by atoms with Gasteiger partial charge in [-0.1, -0.05) is 17.7 Å². The second-order valence-corrected chi connectivity index (χ2v) is 5.38. The normalized spacial score (nSPS) is 20.5. The molecule has 0 aliphatic carbocycles. The first-order valence-electron chi connectivity index (χ1n) is 5.85. The lowest BCUT2D eigenvalue weighted by molar-refractivity contribution is -0.00748. The van der Waals surface area contributed by atoms with Crippen molar-refractivity contribution in [3.05, 3.63) is 34.6 Å². The first kappa shape index (κ1) is 12.8. The molecule has 2 rings (SSSR count). The molecular weight excluding hydrogens is 241 g/mol. The van der Waals surface area contributed by atoms with E-state index in [1.165, 1.54) is 6.07 Å². The van der Waals surface area contributed by atoms with Crippen LogP contribution < -0.4 is 0 Å². The summed E-state index contributed by atoms with van der Waals surface area (Å²) in [6.07, 6.45) is 1.44. The SMILES string of the molecule is CC1(O)CCN(Cc2c(F)cccc2Cl)CC1. The lowest BCUT2D eigenvalue weighted by atomic mass is 9.93. The fraction of sp³-hybridized carbons (Fsp3) is 0.538. The van der Waals surface area contributed by atoms with E-state index in [4.69, 9.17) is 11.6 Å². The molecule has 1 aliphatic heterocycles. The average Bonchev–Trinajstić information content (AvgIpc) is 2.26. The number of hydrogen-bond donors (Lipinski definition) is 1. The van der Waals surface area contributed by atoms with Crippen LogP contribution in [0, 0.1) is 5.82 Å². The summed E-state index contributed by atoms with van der Waals surface area (Å²) in [4.78, 5) is 2.13. The minimum absolute atomic E-state index is 0.255. The van der Waals surface area contributed by atoms with E-state index in [2.05, 4.69) is 4.90 Å². The van der Waals surface area contributed by atoms with Crippen molar-refractivity contribution in [2.24, 2.45) is 0 Å². The summed E-state index contributed by atoms with van der Waals surface area (Å²) in [5.41, 5.74) is -0.0223. The van der Waals surface area contributed by atoms with E-state index in [0.717, 1.165) is 25.9 Å². The van der Waals surface area contributed by atoms with Crippen molar-refractivity contribution in [2.75, 3.05) is 13.1 Å². The zero-order valence-corrected chi connectivity index (χ0v) is 10.7. The van der Waals surface area contributed by atoms with Gasteiger partial charge in [-0.2, -0.15) is 0 Å². The van der Waals surface area contributed by atoms with Gasteiger partial charge in [0.15, 0.2) is 0 Å². The van der Waals surface area contributed by atoms with Crippen molar-refractivity contribution in [1.82, 2.24) is 4.90 Å². The Morgan fingerprint density at radius 3 is 2.65 bits per heavy atom. The highest BCUT2D eigenvalue weighted by atomic mass is 35.5. The maximum Gasteiger partial charge on any atom is 0.129 e. The molecule has 0 spiro atoms. The monoisotopic (exact) mass is 257 g/mol. The standard InChI is InChI=1S/C13H17ClFNO/c1-13(17)5-7-16(8-6-13)9-10-11(14)3-2-4-12(10)15/h2-4,17H,5-9H2,1H3. The van der Waals surface area contributed by atoms with Crippen LogP contribution in [0.4, 0.5) is 4.39 Å². The first-order valence-corrected chi connectivity index (χ1v) is 6.23. The molecule has 4 heteroatoms. The second kappa shape index (κ2) is 4.92. The molecule has 0 unspecified atom stereocenters. The van der Waals surface area contributed by atoms with E-state index in [0.29, 0.717) is 17.1 Å². The molecule has 0 amide bonds. The molecule has 1 aliphatic rings. The van der Waals surface area contributed by atoms with Crippen LogP contribution >= 0.6 is 11.6 Å². The Labute approximate surface area is 106 Å². The van der Waals surface area contributed by atoms with Gasteiger partial charge in [0.05, 0.1) is 5.60 Å². The highest BCUT2D eigenvalue weighted by Crippen LogP contribution is 2.25. The molecule has 0 bridgehead atoms. The molecule has 0 saturated carbocycles. The van der Waals surface area contributed by atoms with E-state index >= 15 is 0 Å². The number of likely N-dealkylation sites (tertiary alicyclic amines) is 1. The van der Waals surface area contributed by atoms with Crippen molar-refractivity contribution < 1.29 is 9.50 Å². The number of halogens is 2.